The van der Waals surface area contributed by atoms with E-state index in [1.165, 1.54) is 44.9 Å². The van der Waals surface area contributed by atoms with Crippen LogP contribution in [0.2, 0.25) is 0 Å². The van der Waals surface area contributed by atoms with Gasteiger partial charge in [0, 0.05) is 16.9 Å². The zero-order valence-electron chi connectivity index (χ0n) is 13.2. The number of carbonyl (C=O) groups excluding carboxylic acids is 1. The van der Waals surface area contributed by atoms with Crippen LogP contribution in [0.5, 0.6) is 0 Å². The lowest BCUT2D eigenvalue weighted by Gasteiger charge is -2.34. The maximum Gasteiger partial charge on any atom is 0.217 e. The Balaban J connectivity index is 1.67. The van der Waals surface area contributed by atoms with Gasteiger partial charge in [0.15, 0.2) is 0 Å². The van der Waals surface area contributed by atoms with Crippen LogP contribution in [0, 0.1) is 16.7 Å². The number of halogens is 1. The van der Waals surface area contributed by atoms with Gasteiger partial charge in [0.05, 0.1) is 0 Å². The van der Waals surface area contributed by atoms with Crippen molar-refractivity contribution in [3.8, 4) is 0 Å². The molecule has 0 unspecified atom stereocenters. The lowest BCUT2D eigenvalue weighted by atomic mass is 9.75. The van der Waals surface area contributed by atoms with Crippen LogP contribution < -0.4 is 5.32 Å². The van der Waals surface area contributed by atoms with Gasteiger partial charge in [-0.05, 0) is 61.7 Å². The molecule has 1 atom stereocenters. The Hall–Kier alpha value is -0.570. The van der Waals surface area contributed by atoms with Gasteiger partial charge in [0.1, 0.15) is 0 Å². The van der Waals surface area contributed by atoms with Crippen molar-refractivity contribution >= 4 is 21.8 Å². The molecule has 0 aliphatic heterocycles. The van der Waals surface area contributed by atoms with E-state index in [1.807, 2.05) is 0 Å². The summed E-state index contributed by atoms with van der Waals surface area (Å²) >= 11 is 3.41. The van der Waals surface area contributed by atoms with Crippen molar-refractivity contribution in [1.29, 1.82) is 0 Å². The molecule has 3 heteroatoms. The zero-order chi connectivity index (χ0) is 15.3. The van der Waals surface area contributed by atoms with Crippen molar-refractivity contribution in [2.45, 2.75) is 64.3 Å². The topological polar surface area (TPSA) is 29.1 Å². The molecule has 1 N–H and O–H groups in total. The quantitative estimate of drug-likeness (QED) is 0.661. The molecule has 0 aromatic carbocycles. The summed E-state index contributed by atoms with van der Waals surface area (Å²) in [6.45, 7) is 7.96. The van der Waals surface area contributed by atoms with Crippen LogP contribution in [0.4, 0.5) is 0 Å². The van der Waals surface area contributed by atoms with Crippen molar-refractivity contribution in [2.24, 2.45) is 16.7 Å². The normalized spacial score (nSPS) is 28.0. The molecule has 0 aromatic heterocycles. The van der Waals surface area contributed by atoms with Crippen LogP contribution in [0.1, 0.15) is 58.8 Å². The third-order valence-electron chi connectivity index (χ3n) is 6.07. The van der Waals surface area contributed by atoms with Crippen LogP contribution in [-0.4, -0.2) is 11.4 Å². The minimum Gasteiger partial charge on any atom is -0.350 e. The molecule has 3 saturated carbocycles. The highest BCUT2D eigenvalue weighted by Crippen LogP contribution is 2.70. The molecule has 3 rings (SSSR count). The Kier molecular flexibility index (Phi) is 3.63. The lowest BCUT2D eigenvalue weighted by molar-refractivity contribution is -0.120. The van der Waals surface area contributed by atoms with Crippen molar-refractivity contribution in [1.82, 2.24) is 5.32 Å². The standard InChI is InChI=1S/C18H26BrNO/c1-13(12-16(6-7-16)5-4-14(2)19)17(8-9-17)18(10-11-18)20-15(3)21/h4-5,13H,2,6-12H2,1,3H3,(H,20,21)/b5-4+/t13-/m0/s1. The summed E-state index contributed by atoms with van der Waals surface area (Å²) in [4.78, 5) is 11.5. The number of amides is 1. The largest absolute Gasteiger partial charge is 0.350 e. The van der Waals surface area contributed by atoms with E-state index in [0.717, 1.165) is 4.48 Å². The highest BCUT2D eigenvalue weighted by Gasteiger charge is 2.68. The highest BCUT2D eigenvalue weighted by molar-refractivity contribution is 9.11. The van der Waals surface area contributed by atoms with Gasteiger partial charge in [-0.1, -0.05) is 41.6 Å². The second kappa shape index (κ2) is 4.97. The third-order valence-corrected chi connectivity index (χ3v) is 6.34. The van der Waals surface area contributed by atoms with Gasteiger partial charge in [0.25, 0.3) is 0 Å². The molecule has 3 aliphatic rings. The molecule has 0 heterocycles. The molecule has 2 nitrogen and oxygen atoms in total. The Morgan fingerprint density at radius 3 is 2.29 bits per heavy atom. The molecule has 116 valence electrons. The van der Waals surface area contributed by atoms with Gasteiger partial charge >= 0.3 is 0 Å². The minimum absolute atomic E-state index is 0.136. The summed E-state index contributed by atoms with van der Waals surface area (Å²) in [5.74, 6) is 0.824. The average Bonchev–Trinajstić information content (AvgIpc) is 3.19. The summed E-state index contributed by atoms with van der Waals surface area (Å²) in [7, 11) is 0. The van der Waals surface area contributed by atoms with Crippen LogP contribution in [0.3, 0.4) is 0 Å². The molecule has 0 aromatic rings. The first-order valence-electron chi connectivity index (χ1n) is 8.16. The number of hydrogen-bond acceptors (Lipinski definition) is 1. The summed E-state index contributed by atoms with van der Waals surface area (Å²) in [5.41, 5.74) is 0.919. The fourth-order valence-electron chi connectivity index (χ4n) is 4.46. The predicted molar refractivity (Wildman–Crippen MR) is 90.1 cm³/mol. The maximum atomic E-state index is 11.5. The second-order valence-corrected chi connectivity index (χ2v) is 8.69. The highest BCUT2D eigenvalue weighted by atomic mass is 79.9. The Bertz CT molecular complexity index is 495. The summed E-state index contributed by atoms with van der Waals surface area (Å²) in [5, 5.41) is 3.29. The zero-order valence-corrected chi connectivity index (χ0v) is 14.8. The lowest BCUT2D eigenvalue weighted by Crippen LogP contribution is -2.45. The van der Waals surface area contributed by atoms with Gasteiger partial charge in [-0.15, -0.1) is 0 Å². The first-order chi connectivity index (χ1) is 9.83. The molecular weight excluding hydrogens is 326 g/mol. The van der Waals surface area contributed by atoms with Crippen molar-refractivity contribution in [3.05, 3.63) is 23.2 Å². The van der Waals surface area contributed by atoms with E-state index in [1.54, 1.807) is 6.92 Å². The van der Waals surface area contributed by atoms with Crippen molar-refractivity contribution < 1.29 is 4.79 Å². The first-order valence-corrected chi connectivity index (χ1v) is 8.95. The molecule has 3 aliphatic carbocycles. The molecule has 0 radical (unpaired) electrons. The average molecular weight is 352 g/mol. The number of nitrogens with one attached hydrogen (secondary N) is 1. The Morgan fingerprint density at radius 2 is 1.90 bits per heavy atom. The van der Waals surface area contributed by atoms with Crippen molar-refractivity contribution in [2.75, 3.05) is 0 Å². The van der Waals surface area contributed by atoms with E-state index >= 15 is 0 Å². The number of rotatable bonds is 7. The fourth-order valence-corrected chi connectivity index (χ4v) is 4.59. The minimum atomic E-state index is 0.136. The van der Waals surface area contributed by atoms with Gasteiger partial charge < -0.3 is 5.32 Å². The van der Waals surface area contributed by atoms with E-state index < -0.39 is 0 Å². The van der Waals surface area contributed by atoms with E-state index in [9.17, 15) is 4.79 Å². The number of hydrogen-bond donors (Lipinski definition) is 1. The second-order valence-electron chi connectivity index (χ2n) is 7.67. The maximum absolute atomic E-state index is 11.5. The molecule has 0 saturated heterocycles. The van der Waals surface area contributed by atoms with Crippen LogP contribution >= 0.6 is 15.9 Å². The fraction of sp³-hybridized carbons (Fsp3) is 0.722. The van der Waals surface area contributed by atoms with Crippen LogP contribution in [0.15, 0.2) is 23.2 Å². The Labute approximate surface area is 136 Å². The smallest absolute Gasteiger partial charge is 0.217 e. The molecule has 21 heavy (non-hydrogen) atoms. The number of carbonyl (C=O) groups is 1. The molecular formula is C18H26BrNO. The van der Waals surface area contributed by atoms with E-state index in [-0.39, 0.29) is 11.4 Å². The molecule has 3 fully saturated rings. The van der Waals surface area contributed by atoms with Gasteiger partial charge in [-0.25, -0.2) is 0 Å². The first kappa shape index (κ1) is 15.3. The summed E-state index contributed by atoms with van der Waals surface area (Å²) in [6, 6.07) is 0. The van der Waals surface area contributed by atoms with E-state index in [2.05, 4.69) is 46.9 Å². The molecule has 1 amide bonds. The van der Waals surface area contributed by atoms with Crippen molar-refractivity contribution in [3.63, 3.8) is 0 Å². The Morgan fingerprint density at radius 1 is 1.29 bits per heavy atom. The van der Waals surface area contributed by atoms with Crippen LogP contribution in [0.25, 0.3) is 0 Å². The summed E-state index contributed by atoms with van der Waals surface area (Å²) in [6.07, 6.45) is 13.3. The van der Waals surface area contributed by atoms with Crippen LogP contribution in [-0.2, 0) is 4.79 Å². The van der Waals surface area contributed by atoms with E-state index in [4.69, 9.17) is 0 Å². The van der Waals surface area contributed by atoms with Gasteiger partial charge in [-0.3, -0.25) is 4.79 Å². The molecule has 0 spiro atoms. The summed E-state index contributed by atoms with van der Waals surface area (Å²) < 4.78 is 0.958. The van der Waals surface area contributed by atoms with Gasteiger partial charge in [-0.2, -0.15) is 0 Å². The molecule has 0 bridgehead atoms. The third kappa shape index (κ3) is 2.86. The predicted octanol–water partition coefficient (Wildman–Crippen LogP) is 4.71. The SMILES string of the molecule is C=C(Br)/C=C/C1(C[C@H](C)C2(C3(NC(C)=O)CC3)CC2)CC1. The van der Waals surface area contributed by atoms with Gasteiger partial charge in [0.2, 0.25) is 5.91 Å². The monoisotopic (exact) mass is 351 g/mol. The number of allylic oxidation sites excluding steroid dienone is 3. The van der Waals surface area contributed by atoms with E-state index in [0.29, 0.717) is 16.7 Å².